The molecule has 5 nitrogen and oxygen atoms in total. The maximum Gasteiger partial charge on any atom is 0.167 e. The van der Waals surface area contributed by atoms with Crippen molar-refractivity contribution in [3.05, 3.63) is 164 Å². The Balaban J connectivity index is 1.23. The van der Waals surface area contributed by atoms with Crippen LogP contribution < -0.4 is 0 Å². The molecule has 3 heterocycles. The zero-order chi connectivity index (χ0) is 33.0. The lowest BCUT2D eigenvalue weighted by Crippen LogP contribution is -2.01. The van der Waals surface area contributed by atoms with Crippen molar-refractivity contribution in [3.63, 3.8) is 0 Å². The van der Waals surface area contributed by atoms with Gasteiger partial charge in [-0.2, -0.15) is 0 Å². The zero-order valence-electron chi connectivity index (χ0n) is 26.7. The highest BCUT2D eigenvalue weighted by Gasteiger charge is 2.20. The van der Waals surface area contributed by atoms with Crippen LogP contribution in [0.1, 0.15) is 0 Å². The van der Waals surface area contributed by atoms with E-state index in [1.165, 1.54) is 0 Å². The number of rotatable bonds is 5. The summed E-state index contributed by atoms with van der Waals surface area (Å²) in [6, 6.07) is 55.8. The molecule has 0 N–H and O–H groups in total. The molecule has 3 aromatic heterocycles. The highest BCUT2D eigenvalue weighted by molar-refractivity contribution is 6.09. The predicted molar refractivity (Wildman–Crippen MR) is 202 cm³/mol. The monoisotopic (exact) mass is 641 g/mol. The smallest absolute Gasteiger partial charge is 0.167 e. The minimum absolute atomic E-state index is 0.540. The van der Waals surface area contributed by atoms with E-state index >= 15 is 0 Å². The van der Waals surface area contributed by atoms with E-state index in [1.54, 1.807) is 0 Å². The van der Waals surface area contributed by atoms with Crippen molar-refractivity contribution < 1.29 is 8.83 Å². The van der Waals surface area contributed by atoms with Gasteiger partial charge in [0.2, 0.25) is 0 Å². The first kappa shape index (κ1) is 28.2. The van der Waals surface area contributed by atoms with Crippen molar-refractivity contribution in [1.82, 2.24) is 15.0 Å². The van der Waals surface area contributed by atoms with Gasteiger partial charge in [0.1, 0.15) is 22.3 Å². The molecule has 0 aliphatic carbocycles. The largest absolute Gasteiger partial charge is 0.456 e. The van der Waals surface area contributed by atoms with Gasteiger partial charge in [-0.1, -0.05) is 127 Å². The zero-order valence-corrected chi connectivity index (χ0v) is 26.7. The Morgan fingerprint density at radius 1 is 0.300 bits per heavy atom. The number of fused-ring (bicyclic) bond motifs is 6. The van der Waals surface area contributed by atoms with E-state index in [1.807, 2.05) is 72.8 Å². The van der Waals surface area contributed by atoms with Crippen LogP contribution in [0.4, 0.5) is 0 Å². The second kappa shape index (κ2) is 11.4. The second-order valence-corrected chi connectivity index (χ2v) is 12.4. The Morgan fingerprint density at radius 3 is 1.60 bits per heavy atom. The fourth-order valence-corrected chi connectivity index (χ4v) is 7.03. The molecule has 0 fully saturated rings. The summed E-state index contributed by atoms with van der Waals surface area (Å²) in [6.45, 7) is 0. The average molecular weight is 642 g/mol. The summed E-state index contributed by atoms with van der Waals surface area (Å²) in [6.07, 6.45) is 0. The summed E-state index contributed by atoms with van der Waals surface area (Å²) < 4.78 is 12.6. The van der Waals surface area contributed by atoms with E-state index in [0.717, 1.165) is 82.8 Å². The standard InChI is InChI=1S/C45H27N3O2/c1-2-13-28(14-3-1)30-15-4-5-16-31(30)32-17-6-7-20-36(32)44-46-43(29-25-26-41-38(27-29)34-19-9-10-23-39(34)49-41)47-45(48-44)37-22-12-21-35-33-18-8-11-24-40(33)50-42(35)37/h1-27H. The first-order valence-corrected chi connectivity index (χ1v) is 16.6. The highest BCUT2D eigenvalue weighted by Crippen LogP contribution is 2.40. The van der Waals surface area contributed by atoms with Crippen LogP contribution in [0.3, 0.4) is 0 Å². The molecule has 0 radical (unpaired) electrons. The van der Waals surface area contributed by atoms with Crippen molar-refractivity contribution in [2.75, 3.05) is 0 Å². The molecule has 0 saturated carbocycles. The van der Waals surface area contributed by atoms with Gasteiger partial charge in [0, 0.05) is 32.7 Å². The van der Waals surface area contributed by atoms with Gasteiger partial charge in [0.25, 0.3) is 0 Å². The number of para-hydroxylation sites is 3. The van der Waals surface area contributed by atoms with Crippen LogP contribution in [-0.4, -0.2) is 15.0 Å². The molecule has 0 spiro atoms. The molecule has 0 saturated heterocycles. The van der Waals surface area contributed by atoms with Crippen molar-refractivity contribution in [1.29, 1.82) is 0 Å². The lowest BCUT2D eigenvalue weighted by molar-refractivity contribution is 0.669. The van der Waals surface area contributed by atoms with Crippen molar-refractivity contribution >= 4 is 43.9 Å². The minimum Gasteiger partial charge on any atom is -0.456 e. The summed E-state index contributed by atoms with van der Waals surface area (Å²) in [7, 11) is 0. The average Bonchev–Trinajstić information content (AvgIpc) is 3.76. The molecular weight excluding hydrogens is 615 g/mol. The number of furan rings is 2. The molecule has 0 aliphatic rings. The summed E-state index contributed by atoms with van der Waals surface area (Å²) >= 11 is 0. The van der Waals surface area contributed by atoms with Gasteiger partial charge in [-0.25, -0.2) is 15.0 Å². The van der Waals surface area contributed by atoms with E-state index < -0.39 is 0 Å². The summed E-state index contributed by atoms with van der Waals surface area (Å²) in [5.41, 5.74) is 10.2. The van der Waals surface area contributed by atoms with Gasteiger partial charge >= 0.3 is 0 Å². The van der Waals surface area contributed by atoms with E-state index in [2.05, 4.69) is 91.0 Å². The molecule has 0 amide bonds. The molecule has 50 heavy (non-hydrogen) atoms. The van der Waals surface area contributed by atoms with Gasteiger partial charge < -0.3 is 8.83 Å². The van der Waals surface area contributed by atoms with Crippen molar-refractivity contribution in [3.8, 4) is 56.4 Å². The highest BCUT2D eigenvalue weighted by atomic mass is 16.3. The Kier molecular flexibility index (Phi) is 6.42. The first-order valence-electron chi connectivity index (χ1n) is 16.6. The SMILES string of the molecule is c1ccc(-c2ccccc2-c2ccccc2-c2nc(-c3ccc4oc5ccccc5c4c3)nc(-c3cccc4c3oc3ccccc34)n2)cc1. The van der Waals surface area contributed by atoms with Crippen LogP contribution in [-0.2, 0) is 0 Å². The normalized spacial score (nSPS) is 11.6. The second-order valence-electron chi connectivity index (χ2n) is 12.4. The van der Waals surface area contributed by atoms with Crippen LogP contribution >= 0.6 is 0 Å². The summed E-state index contributed by atoms with van der Waals surface area (Å²) in [5.74, 6) is 1.68. The quantitative estimate of drug-likeness (QED) is 0.187. The third-order valence-corrected chi connectivity index (χ3v) is 9.39. The number of hydrogen-bond donors (Lipinski definition) is 0. The van der Waals surface area contributed by atoms with Crippen molar-refractivity contribution in [2.24, 2.45) is 0 Å². The van der Waals surface area contributed by atoms with Gasteiger partial charge in [-0.3, -0.25) is 0 Å². The molecule has 10 aromatic rings. The van der Waals surface area contributed by atoms with E-state index in [-0.39, 0.29) is 0 Å². The molecule has 234 valence electrons. The maximum absolute atomic E-state index is 6.47. The summed E-state index contributed by atoms with van der Waals surface area (Å²) in [5, 5.41) is 4.14. The van der Waals surface area contributed by atoms with E-state index in [9.17, 15) is 0 Å². The van der Waals surface area contributed by atoms with Crippen LogP contribution in [0.15, 0.2) is 173 Å². The Morgan fingerprint density at radius 2 is 0.820 bits per heavy atom. The van der Waals surface area contributed by atoms with Crippen LogP contribution in [0, 0.1) is 0 Å². The lowest BCUT2D eigenvalue weighted by atomic mass is 9.91. The summed E-state index contributed by atoms with van der Waals surface area (Å²) in [4.78, 5) is 15.6. The first-order chi connectivity index (χ1) is 24.8. The molecule has 5 heteroatoms. The molecule has 0 aliphatic heterocycles. The third kappa shape index (κ3) is 4.60. The molecule has 0 atom stereocenters. The van der Waals surface area contributed by atoms with E-state index in [4.69, 9.17) is 23.8 Å². The van der Waals surface area contributed by atoms with Gasteiger partial charge in [-0.15, -0.1) is 0 Å². The van der Waals surface area contributed by atoms with Crippen LogP contribution in [0.5, 0.6) is 0 Å². The molecular formula is C45H27N3O2. The van der Waals surface area contributed by atoms with Crippen molar-refractivity contribution in [2.45, 2.75) is 0 Å². The lowest BCUT2D eigenvalue weighted by Gasteiger charge is -2.15. The molecule has 10 rings (SSSR count). The minimum atomic E-state index is 0.540. The molecule has 7 aromatic carbocycles. The third-order valence-electron chi connectivity index (χ3n) is 9.39. The van der Waals surface area contributed by atoms with Gasteiger partial charge in [-0.05, 0) is 58.7 Å². The van der Waals surface area contributed by atoms with Gasteiger partial charge in [0.15, 0.2) is 17.5 Å². The Bertz CT molecular complexity index is 2890. The fraction of sp³-hybridized carbons (Fsp3) is 0. The number of hydrogen-bond acceptors (Lipinski definition) is 5. The maximum atomic E-state index is 6.47. The predicted octanol–water partition coefficient (Wildman–Crippen LogP) is 12.0. The molecule has 0 unspecified atom stereocenters. The van der Waals surface area contributed by atoms with Gasteiger partial charge in [0.05, 0.1) is 5.56 Å². The number of benzene rings is 7. The van der Waals surface area contributed by atoms with Crippen LogP contribution in [0.2, 0.25) is 0 Å². The molecule has 0 bridgehead atoms. The Hall–Kier alpha value is -6.85. The number of nitrogens with zero attached hydrogens (tertiary/aromatic N) is 3. The fourth-order valence-electron chi connectivity index (χ4n) is 7.03. The Labute approximate surface area is 287 Å². The topological polar surface area (TPSA) is 65.0 Å². The number of aromatic nitrogens is 3. The van der Waals surface area contributed by atoms with E-state index in [0.29, 0.717) is 17.5 Å². The van der Waals surface area contributed by atoms with Crippen LogP contribution in [0.25, 0.3) is 100 Å².